The van der Waals surface area contributed by atoms with E-state index in [4.69, 9.17) is 10.5 Å². The summed E-state index contributed by atoms with van der Waals surface area (Å²) in [5.41, 5.74) is 8.25. The van der Waals surface area contributed by atoms with Gasteiger partial charge in [0.1, 0.15) is 0 Å². The highest BCUT2D eigenvalue weighted by molar-refractivity contribution is 7.82. The highest BCUT2D eigenvalue weighted by Crippen LogP contribution is 2.26. The number of hydrogen-bond acceptors (Lipinski definition) is 5. The van der Waals surface area contributed by atoms with Crippen LogP contribution in [0, 0.1) is 0 Å². The van der Waals surface area contributed by atoms with Gasteiger partial charge in [-0.15, -0.1) is 12.6 Å². The van der Waals surface area contributed by atoms with E-state index in [1.54, 1.807) is 12.1 Å². The Bertz CT molecular complexity index is 616. The largest absolute Gasteiger partial charge is 0.467 e. The summed E-state index contributed by atoms with van der Waals surface area (Å²) in [6.07, 6.45) is 1.21. The van der Waals surface area contributed by atoms with Gasteiger partial charge < -0.3 is 15.8 Å². The second-order valence-electron chi connectivity index (χ2n) is 5.08. The van der Waals surface area contributed by atoms with Crippen LogP contribution in [0.25, 0.3) is 0 Å². The summed E-state index contributed by atoms with van der Waals surface area (Å²) in [7, 11) is 1.36. The van der Waals surface area contributed by atoms with E-state index >= 15 is 0 Å². The number of benzene rings is 2. The first kappa shape index (κ1) is 16.2. The normalized spacial score (nSPS) is 13.2. The van der Waals surface area contributed by atoms with Crippen molar-refractivity contribution in [2.75, 3.05) is 18.2 Å². The topological polar surface area (TPSA) is 64.3 Å². The van der Waals surface area contributed by atoms with Crippen LogP contribution in [0.4, 0.5) is 11.4 Å². The fraction of sp³-hybridized carbons (Fsp3) is 0.235. The molecule has 0 saturated heterocycles. The van der Waals surface area contributed by atoms with Crippen molar-refractivity contribution >= 4 is 30.0 Å². The average Bonchev–Trinajstić information content (AvgIpc) is 2.55. The molecule has 0 aliphatic heterocycles. The van der Waals surface area contributed by atoms with E-state index in [2.05, 4.69) is 17.9 Å². The quantitative estimate of drug-likeness (QED) is 0.332. The Balaban J connectivity index is 2.13. The predicted octanol–water partition coefficient (Wildman–Crippen LogP) is 3.11. The molecule has 1 unspecified atom stereocenters. The van der Waals surface area contributed by atoms with Crippen molar-refractivity contribution < 1.29 is 9.53 Å². The Morgan fingerprint density at radius 2 is 1.82 bits per heavy atom. The Morgan fingerprint density at radius 1 is 1.18 bits per heavy atom. The maximum absolute atomic E-state index is 12.1. The van der Waals surface area contributed by atoms with Crippen molar-refractivity contribution in [2.45, 2.75) is 17.7 Å². The van der Waals surface area contributed by atoms with Crippen molar-refractivity contribution in [1.82, 2.24) is 0 Å². The number of nitrogen functional groups attached to an aromatic ring is 1. The molecule has 0 saturated carbocycles. The van der Waals surface area contributed by atoms with Gasteiger partial charge in [-0.2, -0.15) is 0 Å². The molecular formula is C17H20N2O2S. The van der Waals surface area contributed by atoms with Crippen LogP contribution in [0.2, 0.25) is 0 Å². The number of hydrogen-bond donors (Lipinski definition) is 3. The lowest BCUT2D eigenvalue weighted by Gasteiger charge is -2.28. The number of ether oxygens (including phenoxy) is 1. The molecule has 0 fully saturated rings. The molecule has 2 rings (SSSR count). The van der Waals surface area contributed by atoms with Crippen LogP contribution < -0.4 is 11.1 Å². The Morgan fingerprint density at radius 3 is 2.41 bits per heavy atom. The molecule has 0 radical (unpaired) electrons. The van der Waals surface area contributed by atoms with Gasteiger partial charge in [0.25, 0.3) is 0 Å². The van der Waals surface area contributed by atoms with Gasteiger partial charge in [-0.3, -0.25) is 0 Å². The third-order valence-corrected chi connectivity index (χ3v) is 3.92. The minimum Gasteiger partial charge on any atom is -0.467 e. The van der Waals surface area contributed by atoms with E-state index < -0.39 is 10.8 Å². The Kier molecular flexibility index (Phi) is 5.33. The molecule has 0 aliphatic rings. The van der Waals surface area contributed by atoms with Crippen LogP contribution in [0.15, 0.2) is 54.6 Å². The summed E-state index contributed by atoms with van der Waals surface area (Å²) in [5.74, 6) is -0.413. The molecule has 2 aromatic carbocycles. The molecule has 0 heterocycles. The third-order valence-electron chi connectivity index (χ3n) is 3.40. The van der Waals surface area contributed by atoms with Crippen LogP contribution in [0.5, 0.6) is 0 Å². The van der Waals surface area contributed by atoms with Gasteiger partial charge in [-0.05, 0) is 42.7 Å². The van der Waals surface area contributed by atoms with Crippen molar-refractivity contribution in [3.05, 3.63) is 60.2 Å². The first-order chi connectivity index (χ1) is 10.5. The first-order valence-corrected chi connectivity index (χ1v) is 7.47. The van der Waals surface area contributed by atoms with E-state index in [0.29, 0.717) is 18.5 Å². The van der Waals surface area contributed by atoms with Gasteiger partial charge in [0.05, 0.1) is 7.11 Å². The molecular weight excluding hydrogens is 296 g/mol. The number of thiol groups is 1. The number of nitrogens with one attached hydrogen (secondary N) is 1. The summed E-state index contributed by atoms with van der Waals surface area (Å²) in [6.45, 7) is 0. The monoisotopic (exact) mass is 316 g/mol. The molecule has 2 aromatic rings. The zero-order chi connectivity index (χ0) is 16.0. The van der Waals surface area contributed by atoms with Crippen LogP contribution in [-0.4, -0.2) is 18.0 Å². The maximum atomic E-state index is 12.1. The lowest BCUT2D eigenvalue weighted by Crippen LogP contribution is -2.42. The van der Waals surface area contributed by atoms with Gasteiger partial charge in [-0.1, -0.05) is 30.3 Å². The number of methoxy groups -OCH3 is 1. The Labute approximate surface area is 136 Å². The van der Waals surface area contributed by atoms with E-state index in [1.165, 1.54) is 7.11 Å². The predicted molar refractivity (Wildman–Crippen MR) is 93.0 cm³/mol. The van der Waals surface area contributed by atoms with Gasteiger partial charge in [0.15, 0.2) is 4.87 Å². The smallest absolute Gasteiger partial charge is 0.341 e. The molecule has 4 nitrogen and oxygen atoms in total. The number of esters is 1. The molecule has 0 bridgehead atoms. The Hall–Kier alpha value is -2.14. The molecule has 0 amide bonds. The van der Waals surface area contributed by atoms with Crippen LogP contribution in [0.3, 0.4) is 0 Å². The molecule has 0 aromatic heterocycles. The SMILES string of the molecule is COC(=O)C(S)(CCc1ccccc1)Nc1ccc(N)cc1. The van der Waals surface area contributed by atoms with Gasteiger partial charge >= 0.3 is 5.97 Å². The third kappa shape index (κ3) is 4.18. The lowest BCUT2D eigenvalue weighted by atomic mass is 10.0. The number of nitrogens with two attached hydrogens (primary N) is 1. The number of carbonyl (C=O) groups excluding carboxylic acids is 1. The van der Waals surface area contributed by atoms with Gasteiger partial charge in [-0.25, -0.2) is 4.79 Å². The second kappa shape index (κ2) is 7.22. The lowest BCUT2D eigenvalue weighted by molar-refractivity contribution is -0.142. The fourth-order valence-corrected chi connectivity index (χ4v) is 2.49. The van der Waals surface area contributed by atoms with Crippen molar-refractivity contribution in [3.8, 4) is 0 Å². The summed E-state index contributed by atoms with van der Waals surface area (Å²) < 4.78 is 4.90. The van der Waals surface area contributed by atoms with E-state index in [0.717, 1.165) is 11.3 Å². The number of anilines is 2. The highest BCUT2D eigenvalue weighted by Gasteiger charge is 2.35. The zero-order valence-corrected chi connectivity index (χ0v) is 13.3. The zero-order valence-electron chi connectivity index (χ0n) is 12.5. The summed E-state index contributed by atoms with van der Waals surface area (Å²) in [4.78, 5) is 11.0. The minimum atomic E-state index is -1.10. The summed E-state index contributed by atoms with van der Waals surface area (Å²) in [6, 6.07) is 17.1. The molecule has 5 heteroatoms. The summed E-state index contributed by atoms with van der Waals surface area (Å²) >= 11 is 4.54. The molecule has 0 aliphatic carbocycles. The summed E-state index contributed by atoms with van der Waals surface area (Å²) in [5, 5.41) is 3.14. The minimum absolute atomic E-state index is 0.413. The average molecular weight is 316 g/mol. The maximum Gasteiger partial charge on any atom is 0.341 e. The number of aryl methyl sites for hydroxylation is 1. The number of carbonyl (C=O) groups is 1. The van der Waals surface area contributed by atoms with Crippen LogP contribution >= 0.6 is 12.6 Å². The molecule has 22 heavy (non-hydrogen) atoms. The highest BCUT2D eigenvalue weighted by atomic mass is 32.1. The van der Waals surface area contributed by atoms with E-state index in [1.807, 2.05) is 42.5 Å². The van der Waals surface area contributed by atoms with Crippen molar-refractivity contribution in [1.29, 1.82) is 0 Å². The molecule has 116 valence electrons. The van der Waals surface area contributed by atoms with E-state index in [-0.39, 0.29) is 0 Å². The van der Waals surface area contributed by atoms with E-state index in [9.17, 15) is 4.79 Å². The first-order valence-electron chi connectivity index (χ1n) is 7.02. The van der Waals surface area contributed by atoms with Crippen LogP contribution in [-0.2, 0) is 16.0 Å². The van der Waals surface area contributed by atoms with Gasteiger partial charge in [0, 0.05) is 11.4 Å². The molecule has 1 atom stereocenters. The van der Waals surface area contributed by atoms with Gasteiger partial charge in [0.2, 0.25) is 0 Å². The number of rotatable bonds is 6. The standard InChI is InChI=1S/C17H20N2O2S/c1-21-16(20)17(22,12-11-13-5-3-2-4-6-13)19-15-9-7-14(18)8-10-15/h2-10,19,22H,11-12,18H2,1H3. The molecule has 3 N–H and O–H groups in total. The van der Waals surface area contributed by atoms with Crippen LogP contribution in [0.1, 0.15) is 12.0 Å². The van der Waals surface area contributed by atoms with Crippen molar-refractivity contribution in [3.63, 3.8) is 0 Å². The second-order valence-corrected chi connectivity index (χ2v) is 5.85. The molecule has 0 spiro atoms. The fourth-order valence-electron chi connectivity index (χ4n) is 2.16. The van der Waals surface area contributed by atoms with Crippen molar-refractivity contribution in [2.24, 2.45) is 0 Å².